The molecule has 0 aliphatic carbocycles. The third kappa shape index (κ3) is 3.31. The molecule has 0 aromatic heterocycles. The third-order valence-electron chi connectivity index (χ3n) is 3.73. The van der Waals surface area contributed by atoms with Crippen molar-refractivity contribution in [2.45, 2.75) is 12.6 Å². The van der Waals surface area contributed by atoms with Crippen molar-refractivity contribution in [3.05, 3.63) is 59.7 Å². The Bertz CT molecular complexity index is 711. The van der Waals surface area contributed by atoms with Crippen LogP contribution in [0.5, 0.6) is 5.75 Å². The minimum absolute atomic E-state index is 0.209. The van der Waals surface area contributed by atoms with Crippen LogP contribution in [0, 0.1) is 0 Å². The summed E-state index contributed by atoms with van der Waals surface area (Å²) in [6.07, 6.45) is -3.59. The number of para-hydroxylation sites is 1. The molecule has 2 aromatic carbocycles. The second-order valence-corrected chi connectivity index (χ2v) is 5.23. The zero-order valence-electron chi connectivity index (χ0n) is 12.1. The Balaban J connectivity index is 1.62. The average Bonchev–Trinajstić information content (AvgIpc) is 2.96. The van der Waals surface area contributed by atoms with E-state index in [2.05, 4.69) is 0 Å². The fourth-order valence-corrected chi connectivity index (χ4v) is 2.56. The van der Waals surface area contributed by atoms with Gasteiger partial charge in [-0.2, -0.15) is 13.2 Å². The number of carbonyl (C=O) groups is 1. The quantitative estimate of drug-likeness (QED) is 0.863. The summed E-state index contributed by atoms with van der Waals surface area (Å²) in [5, 5.41) is 0. The van der Waals surface area contributed by atoms with Crippen LogP contribution < -0.4 is 9.64 Å². The summed E-state index contributed by atoms with van der Waals surface area (Å²) in [6.45, 7) is 0.383. The largest absolute Gasteiger partial charge is 0.484 e. The van der Waals surface area contributed by atoms with Gasteiger partial charge in [-0.3, -0.25) is 4.79 Å². The van der Waals surface area contributed by atoms with E-state index < -0.39 is 11.7 Å². The van der Waals surface area contributed by atoms with Gasteiger partial charge in [0.2, 0.25) is 0 Å². The van der Waals surface area contributed by atoms with E-state index in [1.807, 2.05) is 24.3 Å². The lowest BCUT2D eigenvalue weighted by Gasteiger charge is -2.17. The third-order valence-corrected chi connectivity index (χ3v) is 3.73. The number of hydrogen-bond acceptors (Lipinski definition) is 2. The topological polar surface area (TPSA) is 29.5 Å². The van der Waals surface area contributed by atoms with Crippen molar-refractivity contribution in [2.75, 3.05) is 18.1 Å². The fourth-order valence-electron chi connectivity index (χ4n) is 2.56. The molecule has 1 aliphatic heterocycles. The van der Waals surface area contributed by atoms with Crippen LogP contribution >= 0.6 is 0 Å². The number of ether oxygens (including phenoxy) is 1. The van der Waals surface area contributed by atoms with E-state index in [1.165, 1.54) is 12.1 Å². The molecule has 120 valence electrons. The van der Waals surface area contributed by atoms with E-state index >= 15 is 0 Å². The normalized spacial score (nSPS) is 13.8. The molecular formula is C17H14F3NO2. The molecule has 0 spiro atoms. The SMILES string of the molecule is O=C(COc1ccc(C(F)(F)F)cc1)N1CCc2ccccc21. The summed E-state index contributed by atoms with van der Waals surface area (Å²) >= 11 is 0. The molecule has 3 nitrogen and oxygen atoms in total. The number of anilines is 1. The minimum Gasteiger partial charge on any atom is -0.484 e. The Morgan fingerprint density at radius 3 is 2.48 bits per heavy atom. The van der Waals surface area contributed by atoms with Crippen LogP contribution in [0.2, 0.25) is 0 Å². The van der Waals surface area contributed by atoms with Crippen molar-refractivity contribution < 1.29 is 22.7 Å². The van der Waals surface area contributed by atoms with Gasteiger partial charge in [0.15, 0.2) is 6.61 Å². The molecule has 0 fully saturated rings. The van der Waals surface area contributed by atoms with Gasteiger partial charge in [0.1, 0.15) is 5.75 Å². The van der Waals surface area contributed by atoms with Crippen LogP contribution in [0.1, 0.15) is 11.1 Å². The van der Waals surface area contributed by atoms with Gasteiger partial charge >= 0.3 is 6.18 Å². The first-order chi connectivity index (χ1) is 10.9. The zero-order valence-corrected chi connectivity index (χ0v) is 12.1. The van der Waals surface area contributed by atoms with Crippen LogP contribution in [0.4, 0.5) is 18.9 Å². The minimum atomic E-state index is -4.38. The molecule has 6 heteroatoms. The number of alkyl halides is 3. The Kier molecular flexibility index (Phi) is 3.98. The van der Waals surface area contributed by atoms with E-state index in [1.54, 1.807) is 4.90 Å². The van der Waals surface area contributed by atoms with Gasteiger partial charge in [0.25, 0.3) is 5.91 Å². The number of rotatable bonds is 3. The monoisotopic (exact) mass is 321 g/mol. The summed E-state index contributed by atoms with van der Waals surface area (Å²) in [6, 6.07) is 11.9. The van der Waals surface area contributed by atoms with E-state index in [0.29, 0.717) is 6.54 Å². The standard InChI is InChI=1S/C17H14F3NO2/c18-17(19,20)13-5-7-14(8-6-13)23-11-16(22)21-10-9-12-3-1-2-4-15(12)21/h1-8H,9-11H2. The van der Waals surface area contributed by atoms with Gasteiger partial charge in [0.05, 0.1) is 5.56 Å². The van der Waals surface area contributed by atoms with Crippen molar-refractivity contribution in [3.63, 3.8) is 0 Å². The summed E-state index contributed by atoms with van der Waals surface area (Å²) in [7, 11) is 0. The second kappa shape index (κ2) is 5.95. The van der Waals surface area contributed by atoms with Gasteiger partial charge in [-0.05, 0) is 42.3 Å². The van der Waals surface area contributed by atoms with Crippen LogP contribution in [0.15, 0.2) is 48.5 Å². The van der Waals surface area contributed by atoms with Gasteiger partial charge in [-0.15, -0.1) is 0 Å². The Labute approximate surface area is 131 Å². The Morgan fingerprint density at radius 2 is 1.78 bits per heavy atom. The Hall–Kier alpha value is -2.50. The molecule has 23 heavy (non-hydrogen) atoms. The second-order valence-electron chi connectivity index (χ2n) is 5.23. The predicted octanol–water partition coefficient (Wildman–Crippen LogP) is 3.67. The van der Waals surface area contributed by atoms with Crippen LogP contribution in [-0.4, -0.2) is 19.1 Å². The van der Waals surface area contributed by atoms with Crippen molar-refractivity contribution in [1.29, 1.82) is 0 Å². The molecule has 3 rings (SSSR count). The first-order valence-electron chi connectivity index (χ1n) is 7.13. The predicted molar refractivity (Wildman–Crippen MR) is 79.4 cm³/mol. The maximum atomic E-state index is 12.5. The zero-order chi connectivity index (χ0) is 16.4. The first kappa shape index (κ1) is 15.4. The lowest BCUT2D eigenvalue weighted by Crippen LogP contribution is -2.33. The van der Waals surface area contributed by atoms with Crippen molar-refractivity contribution >= 4 is 11.6 Å². The molecule has 0 saturated carbocycles. The maximum Gasteiger partial charge on any atom is 0.416 e. The molecule has 2 aromatic rings. The Morgan fingerprint density at radius 1 is 1.09 bits per heavy atom. The van der Waals surface area contributed by atoms with Crippen LogP contribution in [0.3, 0.4) is 0 Å². The maximum absolute atomic E-state index is 12.5. The number of halogens is 3. The summed E-state index contributed by atoms with van der Waals surface area (Å²) in [5.74, 6) is 0.0219. The highest BCUT2D eigenvalue weighted by atomic mass is 19.4. The molecule has 0 bridgehead atoms. The highest BCUT2D eigenvalue weighted by molar-refractivity contribution is 5.96. The van der Waals surface area contributed by atoms with Gasteiger partial charge < -0.3 is 9.64 Å². The number of benzene rings is 2. The molecular weight excluding hydrogens is 307 g/mol. The number of carbonyl (C=O) groups excluding carboxylic acids is 1. The number of hydrogen-bond donors (Lipinski definition) is 0. The molecule has 0 N–H and O–H groups in total. The van der Waals surface area contributed by atoms with Crippen molar-refractivity contribution in [1.82, 2.24) is 0 Å². The highest BCUT2D eigenvalue weighted by Crippen LogP contribution is 2.30. The number of nitrogens with zero attached hydrogens (tertiary/aromatic N) is 1. The lowest BCUT2D eigenvalue weighted by molar-refractivity contribution is -0.137. The van der Waals surface area contributed by atoms with Crippen LogP contribution in [0.25, 0.3) is 0 Å². The van der Waals surface area contributed by atoms with Gasteiger partial charge in [0, 0.05) is 12.2 Å². The number of fused-ring (bicyclic) bond motifs is 1. The summed E-state index contributed by atoms with van der Waals surface area (Å²) in [5.41, 5.74) is 1.23. The van der Waals surface area contributed by atoms with E-state index in [-0.39, 0.29) is 18.3 Å². The number of amides is 1. The van der Waals surface area contributed by atoms with E-state index in [4.69, 9.17) is 4.74 Å². The smallest absolute Gasteiger partial charge is 0.416 e. The van der Waals surface area contributed by atoms with Gasteiger partial charge in [-0.1, -0.05) is 18.2 Å². The van der Waals surface area contributed by atoms with E-state index in [0.717, 1.165) is 29.8 Å². The summed E-state index contributed by atoms with van der Waals surface area (Å²) in [4.78, 5) is 13.9. The van der Waals surface area contributed by atoms with Crippen molar-refractivity contribution in [3.8, 4) is 5.75 Å². The fraction of sp³-hybridized carbons (Fsp3) is 0.235. The lowest BCUT2D eigenvalue weighted by atomic mass is 10.2. The molecule has 1 heterocycles. The van der Waals surface area contributed by atoms with E-state index in [9.17, 15) is 18.0 Å². The molecule has 0 saturated heterocycles. The average molecular weight is 321 g/mol. The molecule has 0 unspecified atom stereocenters. The molecule has 0 radical (unpaired) electrons. The molecule has 1 amide bonds. The molecule has 0 atom stereocenters. The van der Waals surface area contributed by atoms with Crippen LogP contribution in [-0.2, 0) is 17.4 Å². The van der Waals surface area contributed by atoms with Crippen molar-refractivity contribution in [2.24, 2.45) is 0 Å². The molecule has 1 aliphatic rings. The summed E-state index contributed by atoms with van der Waals surface area (Å²) < 4.78 is 42.7. The first-order valence-corrected chi connectivity index (χ1v) is 7.13. The van der Waals surface area contributed by atoms with Gasteiger partial charge in [-0.25, -0.2) is 0 Å². The highest BCUT2D eigenvalue weighted by Gasteiger charge is 2.30.